The van der Waals surface area contributed by atoms with Crippen molar-refractivity contribution in [2.75, 3.05) is 11.9 Å². The summed E-state index contributed by atoms with van der Waals surface area (Å²) in [5, 5.41) is 2.94. The van der Waals surface area contributed by atoms with E-state index in [0.29, 0.717) is 10.7 Å². The number of benzene rings is 2. The SMILES string of the molecule is O=C(COC(=O)c1c(F)cccc1F)Nc1ccc(Cl)cc1. The summed E-state index contributed by atoms with van der Waals surface area (Å²) < 4.78 is 31.3. The van der Waals surface area contributed by atoms with Crippen LogP contribution < -0.4 is 5.32 Å². The summed E-state index contributed by atoms with van der Waals surface area (Å²) in [6.45, 7) is -0.671. The Balaban J connectivity index is 1.93. The number of ether oxygens (including phenoxy) is 1. The molecule has 0 fully saturated rings. The van der Waals surface area contributed by atoms with E-state index in [4.69, 9.17) is 11.6 Å². The van der Waals surface area contributed by atoms with E-state index in [0.717, 1.165) is 18.2 Å². The van der Waals surface area contributed by atoms with E-state index in [1.54, 1.807) is 24.3 Å². The first-order valence-corrected chi connectivity index (χ1v) is 6.51. The number of anilines is 1. The predicted octanol–water partition coefficient (Wildman–Crippen LogP) is 3.41. The number of rotatable bonds is 4. The van der Waals surface area contributed by atoms with Gasteiger partial charge in [-0.3, -0.25) is 4.79 Å². The van der Waals surface area contributed by atoms with Gasteiger partial charge in [-0.15, -0.1) is 0 Å². The van der Waals surface area contributed by atoms with Gasteiger partial charge < -0.3 is 10.1 Å². The maximum atomic E-state index is 13.4. The summed E-state index contributed by atoms with van der Waals surface area (Å²) in [4.78, 5) is 23.2. The number of carbonyl (C=O) groups is 2. The van der Waals surface area contributed by atoms with Gasteiger partial charge in [0.1, 0.15) is 17.2 Å². The fourth-order valence-corrected chi connectivity index (χ4v) is 1.75. The Bertz CT molecular complexity index is 684. The Kier molecular flexibility index (Phi) is 5.06. The van der Waals surface area contributed by atoms with Gasteiger partial charge in [-0.25, -0.2) is 13.6 Å². The van der Waals surface area contributed by atoms with Crippen LogP contribution in [0.5, 0.6) is 0 Å². The first kappa shape index (κ1) is 15.9. The molecule has 0 radical (unpaired) electrons. The maximum Gasteiger partial charge on any atom is 0.344 e. The molecule has 2 aromatic carbocycles. The molecule has 1 amide bonds. The van der Waals surface area contributed by atoms with Crippen molar-refractivity contribution >= 4 is 29.2 Å². The Morgan fingerprint density at radius 2 is 1.64 bits per heavy atom. The van der Waals surface area contributed by atoms with Crippen LogP contribution in [0.3, 0.4) is 0 Å². The minimum atomic E-state index is -1.25. The highest BCUT2D eigenvalue weighted by Gasteiger charge is 2.19. The summed E-state index contributed by atoms with van der Waals surface area (Å²) in [5.74, 6) is -4.00. The smallest absolute Gasteiger partial charge is 0.344 e. The molecule has 0 aliphatic carbocycles. The molecule has 4 nitrogen and oxygen atoms in total. The van der Waals surface area contributed by atoms with Gasteiger partial charge in [0.05, 0.1) is 0 Å². The van der Waals surface area contributed by atoms with Gasteiger partial charge in [0, 0.05) is 10.7 Å². The second kappa shape index (κ2) is 7.00. The van der Waals surface area contributed by atoms with Crippen molar-refractivity contribution in [1.82, 2.24) is 0 Å². The van der Waals surface area contributed by atoms with Crippen molar-refractivity contribution in [2.45, 2.75) is 0 Å². The summed E-state index contributed by atoms with van der Waals surface area (Å²) in [7, 11) is 0. The predicted molar refractivity (Wildman–Crippen MR) is 76.7 cm³/mol. The van der Waals surface area contributed by atoms with Crippen molar-refractivity contribution < 1.29 is 23.1 Å². The zero-order valence-corrected chi connectivity index (χ0v) is 11.9. The molecular weight excluding hydrogens is 316 g/mol. The Morgan fingerprint density at radius 1 is 1.05 bits per heavy atom. The minimum absolute atomic E-state index is 0.447. The van der Waals surface area contributed by atoms with Gasteiger partial charge >= 0.3 is 5.97 Å². The van der Waals surface area contributed by atoms with E-state index in [1.165, 1.54) is 0 Å². The van der Waals surface area contributed by atoms with Gasteiger partial charge in [0.2, 0.25) is 0 Å². The van der Waals surface area contributed by atoms with Crippen LogP contribution in [0.25, 0.3) is 0 Å². The van der Waals surface area contributed by atoms with Crippen molar-refractivity contribution in [2.24, 2.45) is 0 Å². The topological polar surface area (TPSA) is 55.4 Å². The van der Waals surface area contributed by atoms with Crippen molar-refractivity contribution in [3.63, 3.8) is 0 Å². The molecule has 0 aromatic heterocycles. The molecule has 0 saturated heterocycles. The van der Waals surface area contributed by atoms with E-state index in [-0.39, 0.29) is 0 Å². The lowest BCUT2D eigenvalue weighted by molar-refractivity contribution is -0.119. The van der Waals surface area contributed by atoms with Crippen LogP contribution in [0, 0.1) is 11.6 Å². The van der Waals surface area contributed by atoms with Crippen molar-refractivity contribution in [1.29, 1.82) is 0 Å². The zero-order valence-electron chi connectivity index (χ0n) is 11.1. The lowest BCUT2D eigenvalue weighted by Gasteiger charge is -2.07. The third-order valence-corrected chi connectivity index (χ3v) is 2.88. The van der Waals surface area contributed by atoms with E-state index in [1.807, 2.05) is 0 Å². The zero-order chi connectivity index (χ0) is 16.1. The van der Waals surface area contributed by atoms with Crippen LogP contribution in [-0.4, -0.2) is 18.5 Å². The second-order valence-corrected chi connectivity index (χ2v) is 4.66. The highest BCUT2D eigenvalue weighted by atomic mass is 35.5. The average Bonchev–Trinajstić information content (AvgIpc) is 2.47. The molecule has 0 saturated carbocycles. The third-order valence-electron chi connectivity index (χ3n) is 2.63. The summed E-state index contributed by atoms with van der Waals surface area (Å²) in [6.07, 6.45) is 0. The summed E-state index contributed by atoms with van der Waals surface area (Å²) in [6, 6.07) is 9.21. The lowest BCUT2D eigenvalue weighted by Crippen LogP contribution is -2.21. The fourth-order valence-electron chi connectivity index (χ4n) is 1.63. The first-order valence-electron chi connectivity index (χ1n) is 6.14. The molecule has 0 bridgehead atoms. The van der Waals surface area contributed by atoms with E-state index in [9.17, 15) is 18.4 Å². The number of carbonyl (C=O) groups excluding carboxylic acids is 2. The molecule has 0 aliphatic rings. The number of halogens is 3. The molecule has 0 atom stereocenters. The molecule has 0 unspecified atom stereocenters. The number of hydrogen-bond acceptors (Lipinski definition) is 3. The number of hydrogen-bond donors (Lipinski definition) is 1. The molecule has 0 heterocycles. The van der Waals surface area contributed by atoms with Gasteiger partial charge in [-0.2, -0.15) is 0 Å². The maximum absolute atomic E-state index is 13.4. The van der Waals surface area contributed by atoms with Crippen LogP contribution >= 0.6 is 11.6 Å². The van der Waals surface area contributed by atoms with Crippen molar-refractivity contribution in [3.05, 3.63) is 64.7 Å². The standard InChI is InChI=1S/C15H10ClF2NO3/c16-9-4-6-10(7-5-9)19-13(20)8-22-15(21)14-11(17)2-1-3-12(14)18/h1-7H,8H2,(H,19,20). The van der Waals surface area contributed by atoms with Crippen LogP contribution in [0.1, 0.15) is 10.4 Å². The number of nitrogens with one attached hydrogen (secondary N) is 1. The van der Waals surface area contributed by atoms with Gasteiger partial charge in [0.25, 0.3) is 5.91 Å². The van der Waals surface area contributed by atoms with Gasteiger partial charge in [0.15, 0.2) is 6.61 Å². The van der Waals surface area contributed by atoms with Gasteiger partial charge in [-0.1, -0.05) is 17.7 Å². The Hall–Kier alpha value is -2.47. The third kappa shape index (κ3) is 4.02. The molecule has 0 aliphatic heterocycles. The molecule has 7 heteroatoms. The monoisotopic (exact) mass is 325 g/mol. The van der Waals surface area contributed by atoms with Crippen LogP contribution in [0.4, 0.5) is 14.5 Å². The number of esters is 1. The summed E-state index contributed by atoms with van der Waals surface area (Å²) in [5.41, 5.74) is -0.385. The summed E-state index contributed by atoms with van der Waals surface area (Å²) >= 11 is 5.70. The fraction of sp³-hybridized carbons (Fsp3) is 0.0667. The molecule has 22 heavy (non-hydrogen) atoms. The average molecular weight is 326 g/mol. The Labute approximate surface area is 129 Å². The van der Waals surface area contributed by atoms with Crippen LogP contribution in [0.2, 0.25) is 5.02 Å². The molecule has 2 rings (SSSR count). The van der Waals surface area contributed by atoms with E-state index < -0.39 is 35.7 Å². The van der Waals surface area contributed by atoms with E-state index >= 15 is 0 Å². The number of amides is 1. The quantitative estimate of drug-likeness (QED) is 0.876. The first-order chi connectivity index (χ1) is 10.5. The molecular formula is C15H10ClF2NO3. The molecule has 0 spiro atoms. The minimum Gasteiger partial charge on any atom is -0.452 e. The molecule has 2 aromatic rings. The second-order valence-electron chi connectivity index (χ2n) is 4.23. The van der Waals surface area contributed by atoms with Gasteiger partial charge in [-0.05, 0) is 36.4 Å². The lowest BCUT2D eigenvalue weighted by atomic mass is 10.2. The molecule has 114 valence electrons. The van der Waals surface area contributed by atoms with Crippen LogP contribution in [-0.2, 0) is 9.53 Å². The normalized spacial score (nSPS) is 10.1. The van der Waals surface area contributed by atoms with Crippen LogP contribution in [0.15, 0.2) is 42.5 Å². The highest BCUT2D eigenvalue weighted by molar-refractivity contribution is 6.30. The largest absolute Gasteiger partial charge is 0.452 e. The highest BCUT2D eigenvalue weighted by Crippen LogP contribution is 2.14. The van der Waals surface area contributed by atoms with Crippen molar-refractivity contribution in [3.8, 4) is 0 Å². The Morgan fingerprint density at radius 3 is 2.23 bits per heavy atom. The molecule has 1 N–H and O–H groups in total. The van der Waals surface area contributed by atoms with E-state index in [2.05, 4.69) is 10.1 Å².